The van der Waals surface area contributed by atoms with Crippen molar-refractivity contribution in [2.45, 2.75) is 0 Å². The monoisotopic (exact) mass is 148 g/mol. The summed E-state index contributed by atoms with van der Waals surface area (Å²) in [6.45, 7) is 0. The molecule has 0 aromatic rings. The zero-order chi connectivity index (χ0) is 5.40. The van der Waals surface area contributed by atoms with Gasteiger partial charge >= 0.3 is 0 Å². The minimum absolute atomic E-state index is 0. The summed E-state index contributed by atoms with van der Waals surface area (Å²) in [5, 5.41) is 0. The van der Waals surface area contributed by atoms with Crippen LogP contribution in [0.1, 0.15) is 0 Å². The van der Waals surface area contributed by atoms with E-state index in [0.29, 0.717) is 0 Å². The molecule has 0 fully saturated rings. The number of hydrogen-bond acceptors (Lipinski definition) is 0. The van der Waals surface area contributed by atoms with Gasteiger partial charge in [0.25, 0.3) is 0 Å². The van der Waals surface area contributed by atoms with Gasteiger partial charge in [-0.05, 0) is 11.1 Å². The first-order chi connectivity index (χ1) is 3.97. The average Bonchev–Trinajstić information content (AvgIpc) is 2.15. The van der Waals surface area contributed by atoms with Crippen molar-refractivity contribution in [2.75, 3.05) is 0 Å². The maximum Gasteiger partial charge on any atom is 0 e. The van der Waals surface area contributed by atoms with Gasteiger partial charge in [0.1, 0.15) is 0 Å². The van der Waals surface area contributed by atoms with Crippen LogP contribution >= 0.6 is 0 Å². The summed E-state index contributed by atoms with van der Waals surface area (Å²) in [5.41, 5.74) is 2.70. The standard InChI is InChI=1S/C8H6.2Na/c1-3-7-5-2-6-8(7)4-1;;/h1-6H;;. The molecule has 0 atom stereocenters. The van der Waals surface area contributed by atoms with Crippen molar-refractivity contribution >= 4 is 59.1 Å². The molecule has 0 aromatic heterocycles. The van der Waals surface area contributed by atoms with E-state index in [4.69, 9.17) is 0 Å². The first-order valence-corrected chi connectivity index (χ1v) is 2.74. The number of rotatable bonds is 0. The Morgan fingerprint density at radius 3 is 1.50 bits per heavy atom. The van der Waals surface area contributed by atoms with Crippen LogP contribution in [0.3, 0.4) is 0 Å². The minimum atomic E-state index is 0. The van der Waals surface area contributed by atoms with Gasteiger partial charge in [0, 0.05) is 59.1 Å². The van der Waals surface area contributed by atoms with E-state index in [1.165, 1.54) is 11.1 Å². The van der Waals surface area contributed by atoms with Gasteiger partial charge in [0.15, 0.2) is 0 Å². The van der Waals surface area contributed by atoms with E-state index in [2.05, 4.69) is 36.5 Å². The van der Waals surface area contributed by atoms with Crippen molar-refractivity contribution in [3.8, 4) is 0 Å². The molecule has 2 rings (SSSR count). The Hall–Kier alpha value is 0.960. The molecule has 2 aliphatic carbocycles. The van der Waals surface area contributed by atoms with Gasteiger partial charge in [-0.2, -0.15) is 0 Å². The van der Waals surface area contributed by atoms with E-state index in [9.17, 15) is 0 Å². The number of allylic oxidation sites excluding steroid dienone is 8. The quantitative estimate of drug-likeness (QED) is 0.453. The number of hydrogen-bond donors (Lipinski definition) is 0. The summed E-state index contributed by atoms with van der Waals surface area (Å²) in [6, 6.07) is 0. The van der Waals surface area contributed by atoms with Crippen LogP contribution in [-0.2, 0) is 0 Å². The Labute approximate surface area is 105 Å². The molecule has 0 nitrogen and oxygen atoms in total. The third kappa shape index (κ3) is 1.97. The van der Waals surface area contributed by atoms with Gasteiger partial charge in [0.2, 0.25) is 0 Å². The fraction of sp³-hybridized carbons (Fsp3) is 0. The van der Waals surface area contributed by atoms with E-state index < -0.39 is 0 Å². The molecule has 0 spiro atoms. The first kappa shape index (κ1) is 11.0. The smallest absolute Gasteiger partial charge is 0 e. The summed E-state index contributed by atoms with van der Waals surface area (Å²) in [7, 11) is 0. The molecular weight excluding hydrogens is 142 g/mol. The molecule has 0 saturated heterocycles. The topological polar surface area (TPSA) is 0 Å². The van der Waals surface area contributed by atoms with Crippen LogP contribution in [0.4, 0.5) is 0 Å². The van der Waals surface area contributed by atoms with Gasteiger partial charge in [-0.3, -0.25) is 0 Å². The van der Waals surface area contributed by atoms with Crippen LogP contribution in [0.5, 0.6) is 0 Å². The Kier molecular flexibility index (Phi) is 5.22. The zero-order valence-corrected chi connectivity index (χ0v) is 10.5. The van der Waals surface area contributed by atoms with Crippen LogP contribution in [0.2, 0.25) is 0 Å². The zero-order valence-electron chi connectivity index (χ0n) is 6.46. The molecule has 10 heavy (non-hydrogen) atoms. The molecule has 0 aliphatic heterocycles. The fourth-order valence-corrected chi connectivity index (χ4v) is 1.01. The van der Waals surface area contributed by atoms with E-state index in [-0.39, 0.29) is 59.1 Å². The predicted molar refractivity (Wildman–Crippen MR) is 46.0 cm³/mol. The molecule has 2 aliphatic rings. The molecule has 0 N–H and O–H groups in total. The second-order valence-electron chi connectivity index (χ2n) is 1.96. The Morgan fingerprint density at radius 1 is 0.700 bits per heavy atom. The van der Waals surface area contributed by atoms with E-state index in [1.807, 2.05) is 0 Å². The summed E-state index contributed by atoms with van der Waals surface area (Å²) in [4.78, 5) is 0. The third-order valence-electron chi connectivity index (χ3n) is 1.44. The minimum Gasteiger partial charge on any atom is -0.0610 e. The van der Waals surface area contributed by atoms with Crippen LogP contribution in [0.25, 0.3) is 0 Å². The van der Waals surface area contributed by atoms with Gasteiger partial charge in [0.05, 0.1) is 0 Å². The van der Waals surface area contributed by atoms with Crippen molar-refractivity contribution in [3.63, 3.8) is 0 Å². The van der Waals surface area contributed by atoms with E-state index in [0.717, 1.165) is 0 Å². The van der Waals surface area contributed by atoms with Crippen LogP contribution in [-0.4, -0.2) is 59.1 Å². The van der Waals surface area contributed by atoms with Gasteiger partial charge in [-0.1, -0.05) is 36.5 Å². The first-order valence-electron chi connectivity index (χ1n) is 2.74. The van der Waals surface area contributed by atoms with Gasteiger partial charge in [-0.15, -0.1) is 0 Å². The molecule has 0 aromatic carbocycles. The van der Waals surface area contributed by atoms with Crippen molar-refractivity contribution in [3.05, 3.63) is 47.6 Å². The van der Waals surface area contributed by atoms with Gasteiger partial charge in [-0.25, -0.2) is 0 Å². The summed E-state index contributed by atoms with van der Waals surface area (Å²) in [6.07, 6.45) is 12.6. The summed E-state index contributed by atoms with van der Waals surface area (Å²) >= 11 is 0. The molecule has 2 heteroatoms. The third-order valence-corrected chi connectivity index (χ3v) is 1.44. The van der Waals surface area contributed by atoms with Crippen molar-refractivity contribution in [2.24, 2.45) is 0 Å². The molecule has 0 unspecified atom stereocenters. The second-order valence-corrected chi connectivity index (χ2v) is 1.96. The molecule has 0 bridgehead atoms. The fourth-order valence-electron chi connectivity index (χ4n) is 1.01. The van der Waals surface area contributed by atoms with Crippen molar-refractivity contribution in [1.82, 2.24) is 0 Å². The number of fused-ring (bicyclic) bond motifs is 1. The molecule has 0 saturated carbocycles. The Bertz CT molecular complexity index is 206. The normalized spacial score (nSPS) is 16.8. The van der Waals surface area contributed by atoms with Crippen LogP contribution < -0.4 is 0 Å². The van der Waals surface area contributed by atoms with Gasteiger partial charge < -0.3 is 0 Å². The van der Waals surface area contributed by atoms with Crippen molar-refractivity contribution in [1.29, 1.82) is 0 Å². The molecule has 40 valence electrons. The SMILES string of the molecule is C1=CC2=CC=CC2=C1.[Na].[Na]. The van der Waals surface area contributed by atoms with Crippen LogP contribution in [0.15, 0.2) is 47.6 Å². The van der Waals surface area contributed by atoms with E-state index >= 15 is 0 Å². The Balaban J connectivity index is 0.000000405. The van der Waals surface area contributed by atoms with Crippen molar-refractivity contribution < 1.29 is 0 Å². The molecule has 2 radical (unpaired) electrons. The molecule has 0 heterocycles. The van der Waals surface area contributed by atoms with E-state index in [1.54, 1.807) is 0 Å². The summed E-state index contributed by atoms with van der Waals surface area (Å²) in [5.74, 6) is 0. The maximum absolute atomic E-state index is 2.12. The largest absolute Gasteiger partial charge is 0.0610 e. The Morgan fingerprint density at radius 2 is 1.10 bits per heavy atom. The second kappa shape index (κ2) is 4.76. The molecular formula is C8H6Na2. The maximum atomic E-state index is 2.12. The average molecular weight is 148 g/mol. The van der Waals surface area contributed by atoms with Crippen LogP contribution in [0, 0.1) is 0 Å². The molecule has 0 amide bonds. The predicted octanol–water partition coefficient (Wildman–Crippen LogP) is 1.22. The summed E-state index contributed by atoms with van der Waals surface area (Å²) < 4.78 is 0.